The van der Waals surface area contributed by atoms with Crippen LogP contribution in [0.25, 0.3) is 11.4 Å². The molecule has 3 rings (SSSR count). The van der Waals surface area contributed by atoms with Crippen molar-refractivity contribution in [3.63, 3.8) is 0 Å². The highest BCUT2D eigenvalue weighted by atomic mass is 16.3. The molecule has 1 aromatic carbocycles. The van der Waals surface area contributed by atoms with Crippen LogP contribution in [0.3, 0.4) is 0 Å². The molecule has 0 saturated carbocycles. The van der Waals surface area contributed by atoms with Crippen molar-refractivity contribution in [2.45, 2.75) is 32.4 Å². The van der Waals surface area contributed by atoms with Crippen LogP contribution in [0.15, 0.2) is 30.3 Å². The molecule has 132 valence electrons. The third-order valence-corrected chi connectivity index (χ3v) is 4.48. The molecular formula is C19H24N4O2. The maximum atomic E-state index is 12.3. The van der Waals surface area contributed by atoms with Crippen molar-refractivity contribution < 1.29 is 9.90 Å². The quantitative estimate of drug-likeness (QED) is 0.920. The van der Waals surface area contributed by atoms with Crippen molar-refractivity contribution in [2.75, 3.05) is 25.5 Å². The van der Waals surface area contributed by atoms with Crippen LogP contribution < -0.4 is 4.90 Å². The van der Waals surface area contributed by atoms with Gasteiger partial charge in [0.1, 0.15) is 11.9 Å². The van der Waals surface area contributed by atoms with Crippen molar-refractivity contribution in [3.8, 4) is 11.4 Å². The van der Waals surface area contributed by atoms with Gasteiger partial charge in [0, 0.05) is 31.8 Å². The van der Waals surface area contributed by atoms with E-state index in [0.717, 1.165) is 22.6 Å². The van der Waals surface area contributed by atoms with Crippen molar-refractivity contribution in [3.05, 3.63) is 41.6 Å². The molecule has 6 nitrogen and oxygen atoms in total. The fraction of sp³-hybridized carbons (Fsp3) is 0.421. The lowest BCUT2D eigenvalue weighted by Gasteiger charge is -2.31. The van der Waals surface area contributed by atoms with Crippen LogP contribution >= 0.6 is 0 Å². The Balaban J connectivity index is 2.00. The maximum Gasteiger partial charge on any atom is 0.251 e. The second-order valence-corrected chi connectivity index (χ2v) is 6.49. The minimum absolute atomic E-state index is 0.223. The first-order chi connectivity index (χ1) is 12.0. The zero-order valence-corrected chi connectivity index (χ0v) is 14.9. The van der Waals surface area contributed by atoms with Crippen LogP contribution in [0.4, 0.5) is 5.82 Å². The normalized spacial score (nSPS) is 14.8. The smallest absolute Gasteiger partial charge is 0.251 e. The number of aliphatic hydroxyl groups excluding tert-OH is 1. The summed E-state index contributed by atoms with van der Waals surface area (Å²) in [6, 6.07) is 9.84. The van der Waals surface area contributed by atoms with Gasteiger partial charge in [-0.05, 0) is 12.8 Å². The average molecular weight is 340 g/mol. The molecule has 1 atom stereocenters. The molecule has 1 amide bonds. The zero-order valence-electron chi connectivity index (χ0n) is 14.9. The summed E-state index contributed by atoms with van der Waals surface area (Å²) in [5.41, 5.74) is 2.89. The summed E-state index contributed by atoms with van der Waals surface area (Å²) in [5, 5.41) is 9.87. The number of amides is 1. The van der Waals surface area contributed by atoms with E-state index in [0.29, 0.717) is 31.8 Å². The molecule has 0 aliphatic carbocycles. The van der Waals surface area contributed by atoms with Crippen LogP contribution in [0, 0.1) is 0 Å². The van der Waals surface area contributed by atoms with E-state index in [9.17, 15) is 9.90 Å². The number of aromatic nitrogens is 2. The number of benzene rings is 1. The summed E-state index contributed by atoms with van der Waals surface area (Å²) < 4.78 is 0. The minimum atomic E-state index is -0.940. The van der Waals surface area contributed by atoms with Crippen LogP contribution in [-0.4, -0.2) is 52.6 Å². The highest BCUT2D eigenvalue weighted by Gasteiger charge is 2.28. The van der Waals surface area contributed by atoms with Crippen LogP contribution in [0.5, 0.6) is 0 Å². The van der Waals surface area contributed by atoms with E-state index < -0.39 is 6.10 Å². The van der Waals surface area contributed by atoms with Crippen molar-refractivity contribution in [1.29, 1.82) is 0 Å². The predicted molar refractivity (Wildman–Crippen MR) is 97.2 cm³/mol. The van der Waals surface area contributed by atoms with Gasteiger partial charge in [0.15, 0.2) is 5.82 Å². The molecule has 0 radical (unpaired) electrons. The molecule has 2 heterocycles. The molecule has 1 N–H and O–H groups in total. The number of carbonyl (C=O) groups excluding carboxylic acids is 1. The summed E-state index contributed by atoms with van der Waals surface area (Å²) in [4.78, 5) is 25.5. The molecule has 25 heavy (non-hydrogen) atoms. The Morgan fingerprint density at radius 1 is 1.28 bits per heavy atom. The number of hydrogen-bond donors (Lipinski definition) is 1. The van der Waals surface area contributed by atoms with Crippen LogP contribution in [0.2, 0.25) is 0 Å². The summed E-state index contributed by atoms with van der Waals surface area (Å²) in [7, 11) is 3.94. The molecule has 1 aliphatic rings. The van der Waals surface area contributed by atoms with Crippen molar-refractivity contribution >= 4 is 11.7 Å². The molecule has 0 fully saturated rings. The Labute approximate surface area is 148 Å². The Morgan fingerprint density at radius 2 is 2.00 bits per heavy atom. The monoisotopic (exact) mass is 340 g/mol. The molecular weight excluding hydrogens is 316 g/mol. The third-order valence-electron chi connectivity index (χ3n) is 4.48. The van der Waals surface area contributed by atoms with Crippen LogP contribution in [0.1, 0.15) is 24.6 Å². The Bertz CT molecular complexity index is 762. The third kappa shape index (κ3) is 3.49. The number of carbonyl (C=O) groups is 1. The number of fused-ring (bicyclic) bond motifs is 1. The second kappa shape index (κ2) is 7.19. The summed E-state index contributed by atoms with van der Waals surface area (Å²) in [5.74, 6) is 1.33. The van der Waals surface area contributed by atoms with E-state index in [1.807, 2.05) is 49.3 Å². The summed E-state index contributed by atoms with van der Waals surface area (Å²) >= 11 is 0. The first-order valence-corrected chi connectivity index (χ1v) is 8.60. The van der Waals surface area contributed by atoms with E-state index in [2.05, 4.69) is 0 Å². The minimum Gasteiger partial charge on any atom is -0.383 e. The predicted octanol–water partition coefficient (Wildman–Crippen LogP) is 1.87. The average Bonchev–Trinajstić information content (AvgIpc) is 2.65. The Morgan fingerprint density at radius 3 is 2.64 bits per heavy atom. The molecule has 0 spiro atoms. The summed E-state index contributed by atoms with van der Waals surface area (Å²) in [6.45, 7) is 2.80. The van der Waals surface area contributed by atoms with Gasteiger partial charge in [0.25, 0.3) is 5.91 Å². The van der Waals surface area contributed by atoms with Crippen molar-refractivity contribution in [2.24, 2.45) is 0 Å². The van der Waals surface area contributed by atoms with Gasteiger partial charge in [-0.25, -0.2) is 9.97 Å². The van der Waals surface area contributed by atoms with Crippen LogP contribution in [-0.2, 0) is 17.8 Å². The largest absolute Gasteiger partial charge is 0.383 e. The maximum absolute atomic E-state index is 12.3. The number of nitrogens with zero attached hydrogens (tertiary/aromatic N) is 4. The molecule has 1 aliphatic heterocycles. The van der Waals surface area contributed by atoms with E-state index in [-0.39, 0.29) is 5.91 Å². The van der Waals surface area contributed by atoms with E-state index in [1.165, 1.54) is 0 Å². The highest BCUT2D eigenvalue weighted by Crippen LogP contribution is 2.28. The molecule has 2 aromatic rings. The standard InChI is InChI=1S/C19H24N4O2/c1-4-16(24)19(25)23-11-10-14-15(12-23)20-17(21-18(14)22(2)3)13-8-6-5-7-9-13/h5-9,16,24H,4,10-12H2,1-3H3/t16-/m1/s1. The van der Waals surface area contributed by atoms with Gasteiger partial charge in [0.05, 0.1) is 12.2 Å². The fourth-order valence-corrected chi connectivity index (χ4v) is 3.07. The van der Waals surface area contributed by atoms with Gasteiger partial charge < -0.3 is 14.9 Å². The lowest BCUT2D eigenvalue weighted by molar-refractivity contribution is -0.141. The Kier molecular flexibility index (Phi) is 4.99. The van der Waals surface area contributed by atoms with E-state index in [4.69, 9.17) is 9.97 Å². The SMILES string of the molecule is CC[C@@H](O)C(=O)N1CCc2c(nc(-c3ccccc3)nc2N(C)C)C1. The number of aliphatic hydroxyl groups is 1. The summed E-state index contributed by atoms with van der Waals surface area (Å²) in [6.07, 6.45) is 0.176. The molecule has 0 saturated heterocycles. The van der Waals surface area contributed by atoms with E-state index in [1.54, 1.807) is 11.8 Å². The molecule has 0 unspecified atom stereocenters. The highest BCUT2D eigenvalue weighted by molar-refractivity contribution is 5.81. The first-order valence-electron chi connectivity index (χ1n) is 8.60. The van der Waals surface area contributed by atoms with Gasteiger partial charge in [0.2, 0.25) is 0 Å². The number of hydrogen-bond acceptors (Lipinski definition) is 5. The zero-order chi connectivity index (χ0) is 18.0. The second-order valence-electron chi connectivity index (χ2n) is 6.49. The van der Waals surface area contributed by atoms with Gasteiger partial charge in [-0.15, -0.1) is 0 Å². The van der Waals surface area contributed by atoms with Crippen molar-refractivity contribution in [1.82, 2.24) is 14.9 Å². The van der Waals surface area contributed by atoms with Gasteiger partial charge in [-0.1, -0.05) is 37.3 Å². The number of anilines is 1. The lowest BCUT2D eigenvalue weighted by Crippen LogP contribution is -2.42. The lowest BCUT2D eigenvalue weighted by atomic mass is 10.0. The molecule has 0 bridgehead atoms. The number of rotatable bonds is 4. The topological polar surface area (TPSA) is 69.6 Å². The first kappa shape index (κ1) is 17.4. The van der Waals surface area contributed by atoms with E-state index >= 15 is 0 Å². The molecule has 6 heteroatoms. The van der Waals surface area contributed by atoms with Gasteiger partial charge in [-0.2, -0.15) is 0 Å². The Hall–Kier alpha value is -2.47. The molecule has 1 aromatic heterocycles. The van der Waals surface area contributed by atoms with Gasteiger partial charge >= 0.3 is 0 Å². The fourth-order valence-electron chi connectivity index (χ4n) is 3.07. The van der Waals surface area contributed by atoms with Gasteiger partial charge in [-0.3, -0.25) is 4.79 Å².